The Morgan fingerprint density at radius 2 is 1.96 bits per heavy atom. The average Bonchev–Trinajstić information content (AvgIpc) is 2.56. The lowest BCUT2D eigenvalue weighted by atomic mass is 9.94. The quantitative estimate of drug-likeness (QED) is 0.179. The molecule has 0 unspecified atom stereocenters. The van der Waals surface area contributed by atoms with E-state index in [9.17, 15) is 9.59 Å². The molecule has 2 aromatic rings. The Labute approximate surface area is 138 Å². The number of guanidine groups is 1. The first kappa shape index (κ1) is 17.6. The molecule has 0 amide bonds. The van der Waals surface area contributed by atoms with Crippen molar-refractivity contribution < 1.29 is 9.21 Å². The van der Waals surface area contributed by atoms with Crippen LogP contribution in [0.3, 0.4) is 0 Å². The molecule has 1 atom stereocenters. The molecule has 0 aliphatic heterocycles. The van der Waals surface area contributed by atoms with Crippen molar-refractivity contribution in [2.75, 3.05) is 6.54 Å². The van der Waals surface area contributed by atoms with Gasteiger partial charge in [0.15, 0.2) is 11.7 Å². The minimum absolute atomic E-state index is 0.00743. The van der Waals surface area contributed by atoms with Crippen LogP contribution in [0.1, 0.15) is 28.8 Å². The van der Waals surface area contributed by atoms with Gasteiger partial charge in [-0.3, -0.25) is 9.79 Å². The predicted molar refractivity (Wildman–Crippen MR) is 92.6 cm³/mol. The average molecular weight is 331 g/mol. The summed E-state index contributed by atoms with van der Waals surface area (Å²) in [7, 11) is 0. The summed E-state index contributed by atoms with van der Waals surface area (Å²) in [6.07, 6.45) is 0.927. The lowest BCUT2D eigenvalue weighted by Gasteiger charge is -2.14. The number of benzene rings is 1. The summed E-state index contributed by atoms with van der Waals surface area (Å²) in [6.45, 7) is 0.277. The van der Waals surface area contributed by atoms with Gasteiger partial charge in [0, 0.05) is 24.0 Å². The number of nitrogens with two attached hydrogens (primary N) is 4. The number of hydrogen-bond donors (Lipinski definition) is 4. The minimum Gasteiger partial charge on any atom is -0.422 e. The van der Waals surface area contributed by atoms with Gasteiger partial charge < -0.3 is 27.4 Å². The number of carbonyl (C=O) groups excluding carboxylic acids is 1. The van der Waals surface area contributed by atoms with E-state index < -0.39 is 11.7 Å². The molecule has 1 heterocycles. The van der Waals surface area contributed by atoms with Gasteiger partial charge in [-0.25, -0.2) is 4.79 Å². The molecule has 0 bridgehead atoms. The number of hydrogen-bond acceptors (Lipinski definition) is 6. The second kappa shape index (κ2) is 7.71. The van der Waals surface area contributed by atoms with Crippen LogP contribution in [-0.2, 0) is 6.54 Å². The van der Waals surface area contributed by atoms with Crippen molar-refractivity contribution in [1.29, 1.82) is 0 Å². The molecular formula is C16H21N5O3. The van der Waals surface area contributed by atoms with Gasteiger partial charge in [0.05, 0.1) is 11.6 Å². The van der Waals surface area contributed by atoms with E-state index in [-0.39, 0.29) is 29.4 Å². The van der Waals surface area contributed by atoms with Gasteiger partial charge in [-0.05, 0) is 18.9 Å². The van der Waals surface area contributed by atoms with Crippen molar-refractivity contribution in [3.8, 4) is 0 Å². The number of nitrogens with zero attached hydrogens (tertiary/aromatic N) is 1. The molecule has 0 fully saturated rings. The van der Waals surface area contributed by atoms with Gasteiger partial charge >= 0.3 is 5.63 Å². The molecule has 0 saturated heterocycles. The van der Waals surface area contributed by atoms with E-state index in [4.69, 9.17) is 27.4 Å². The van der Waals surface area contributed by atoms with Gasteiger partial charge in [-0.2, -0.15) is 0 Å². The second-order valence-corrected chi connectivity index (χ2v) is 5.36. The van der Waals surface area contributed by atoms with Crippen LogP contribution in [0.15, 0.2) is 38.5 Å². The van der Waals surface area contributed by atoms with E-state index in [1.54, 1.807) is 24.3 Å². The summed E-state index contributed by atoms with van der Waals surface area (Å²) >= 11 is 0. The van der Waals surface area contributed by atoms with Crippen LogP contribution in [0.4, 0.5) is 0 Å². The number of carbonyl (C=O) groups is 1. The highest BCUT2D eigenvalue weighted by Crippen LogP contribution is 2.22. The number of rotatable bonds is 7. The first-order valence-electron chi connectivity index (χ1n) is 7.55. The molecule has 0 spiro atoms. The van der Waals surface area contributed by atoms with Crippen LogP contribution in [0.25, 0.3) is 11.0 Å². The fourth-order valence-electron chi connectivity index (χ4n) is 2.49. The fraction of sp³-hybridized carbons (Fsp3) is 0.312. The third-order valence-electron chi connectivity index (χ3n) is 3.66. The first-order valence-corrected chi connectivity index (χ1v) is 7.55. The molecule has 24 heavy (non-hydrogen) atoms. The molecular weight excluding hydrogens is 310 g/mol. The van der Waals surface area contributed by atoms with Gasteiger partial charge in [-0.1, -0.05) is 18.2 Å². The Bertz CT molecular complexity index is 824. The molecule has 0 saturated carbocycles. The highest BCUT2D eigenvalue weighted by Gasteiger charge is 2.23. The maximum atomic E-state index is 12.8. The number of fused-ring (bicyclic) bond motifs is 1. The van der Waals surface area contributed by atoms with Gasteiger partial charge in [0.1, 0.15) is 5.58 Å². The first-order chi connectivity index (χ1) is 11.5. The summed E-state index contributed by atoms with van der Waals surface area (Å²) in [5.41, 5.74) is 22.2. The van der Waals surface area contributed by atoms with Crippen LogP contribution in [0.5, 0.6) is 0 Å². The second-order valence-electron chi connectivity index (χ2n) is 5.36. The molecule has 0 radical (unpaired) electrons. The third kappa shape index (κ3) is 3.79. The normalized spacial score (nSPS) is 12.1. The van der Waals surface area contributed by atoms with Gasteiger partial charge in [0.25, 0.3) is 0 Å². The topological polar surface area (TPSA) is 164 Å². The van der Waals surface area contributed by atoms with Crippen molar-refractivity contribution in [2.45, 2.75) is 25.4 Å². The molecule has 1 aromatic heterocycles. The Morgan fingerprint density at radius 3 is 2.62 bits per heavy atom. The lowest BCUT2D eigenvalue weighted by molar-refractivity contribution is 0.0956. The minimum atomic E-state index is -0.783. The molecule has 8 N–H and O–H groups in total. The predicted octanol–water partition coefficient (Wildman–Crippen LogP) is -0.185. The molecule has 8 nitrogen and oxygen atoms in total. The van der Waals surface area contributed by atoms with Gasteiger partial charge in [-0.15, -0.1) is 0 Å². The Balaban J connectivity index is 2.34. The molecule has 2 rings (SSSR count). The smallest absolute Gasteiger partial charge is 0.341 e. The Morgan fingerprint density at radius 1 is 1.25 bits per heavy atom. The molecule has 0 aliphatic carbocycles. The summed E-state index contributed by atoms with van der Waals surface area (Å²) in [4.78, 5) is 28.7. The lowest BCUT2D eigenvalue weighted by Crippen LogP contribution is -2.33. The summed E-state index contributed by atoms with van der Waals surface area (Å²) in [5, 5.41) is 0.530. The largest absolute Gasteiger partial charge is 0.422 e. The molecule has 0 aliphatic rings. The molecule has 128 valence electrons. The summed E-state index contributed by atoms with van der Waals surface area (Å²) in [5.74, 6) is -0.351. The Kier molecular flexibility index (Phi) is 5.67. The van der Waals surface area contributed by atoms with Crippen molar-refractivity contribution >= 4 is 22.7 Å². The number of ketones is 1. The molecule has 8 heteroatoms. The van der Waals surface area contributed by atoms with E-state index in [0.29, 0.717) is 30.4 Å². The zero-order chi connectivity index (χ0) is 17.7. The van der Waals surface area contributed by atoms with E-state index in [1.165, 1.54) is 0 Å². The van der Waals surface area contributed by atoms with E-state index in [2.05, 4.69) is 4.99 Å². The third-order valence-corrected chi connectivity index (χ3v) is 3.66. The summed E-state index contributed by atoms with van der Waals surface area (Å²) in [6, 6.07) is 6.02. The molecule has 1 aromatic carbocycles. The van der Waals surface area contributed by atoms with Crippen molar-refractivity contribution in [3.63, 3.8) is 0 Å². The summed E-state index contributed by atoms with van der Waals surface area (Å²) < 4.78 is 5.20. The fourth-order valence-corrected chi connectivity index (χ4v) is 2.49. The van der Waals surface area contributed by atoms with E-state index in [1.807, 2.05) is 0 Å². The maximum absolute atomic E-state index is 12.8. The highest BCUT2D eigenvalue weighted by atomic mass is 16.4. The zero-order valence-corrected chi connectivity index (χ0v) is 13.2. The van der Waals surface area contributed by atoms with Crippen LogP contribution < -0.4 is 28.6 Å². The van der Waals surface area contributed by atoms with Crippen LogP contribution in [0.2, 0.25) is 0 Å². The van der Waals surface area contributed by atoms with Crippen molar-refractivity contribution in [3.05, 3.63) is 45.8 Å². The number of aliphatic imine (C=N–C) groups is 1. The van der Waals surface area contributed by atoms with E-state index >= 15 is 0 Å². The van der Waals surface area contributed by atoms with Crippen molar-refractivity contribution in [2.24, 2.45) is 27.9 Å². The standard InChI is InChI=1S/C16H21N5O3/c17-8-10-13(9-4-1-2-6-12(9)24-15(10)23)14(22)11(18)5-3-7-21-16(19)20/h1-2,4,6,11H,3,5,7-8,17-18H2,(H4,19,20,21)/t11-/m0/s1. The number of para-hydroxylation sites is 1. The Hall–Kier alpha value is -2.71. The monoisotopic (exact) mass is 331 g/mol. The highest BCUT2D eigenvalue weighted by molar-refractivity contribution is 6.10. The SMILES string of the molecule is NCc1c(C(=O)[C@@H](N)CCCN=C(N)N)c2ccccc2oc1=O. The number of Topliss-reactive ketones (excluding diaryl/α,β-unsaturated/α-hetero) is 1. The van der Waals surface area contributed by atoms with Crippen molar-refractivity contribution in [1.82, 2.24) is 0 Å². The van der Waals surface area contributed by atoms with E-state index in [0.717, 1.165) is 0 Å². The van der Waals surface area contributed by atoms with Crippen LogP contribution in [0, 0.1) is 0 Å². The van der Waals surface area contributed by atoms with Crippen LogP contribution >= 0.6 is 0 Å². The maximum Gasteiger partial charge on any atom is 0.341 e. The van der Waals surface area contributed by atoms with Gasteiger partial charge in [0.2, 0.25) is 0 Å². The zero-order valence-electron chi connectivity index (χ0n) is 13.2. The van der Waals surface area contributed by atoms with Crippen LogP contribution in [-0.4, -0.2) is 24.3 Å².